The zero-order valence-corrected chi connectivity index (χ0v) is 28.3. The Morgan fingerprint density at radius 2 is 1.76 bits per heavy atom. The van der Waals surface area contributed by atoms with E-state index in [4.69, 9.17) is 10.5 Å². The van der Waals surface area contributed by atoms with E-state index in [1.54, 1.807) is 36.4 Å². The highest BCUT2D eigenvalue weighted by Gasteiger charge is 2.30. The van der Waals surface area contributed by atoms with Crippen LogP contribution in [0.25, 0.3) is 22.5 Å². The molecular formula is C35H42N8O5S. The molecule has 1 atom stereocenters. The Balaban J connectivity index is 1.23. The molecule has 4 aromatic rings. The highest BCUT2D eigenvalue weighted by molar-refractivity contribution is 7.89. The number of amides is 2. The number of ether oxygens (including phenoxy) is 1. The number of carbonyl (C=O) groups is 2. The van der Waals surface area contributed by atoms with Gasteiger partial charge in [0.2, 0.25) is 27.7 Å². The van der Waals surface area contributed by atoms with Gasteiger partial charge in [-0.05, 0) is 109 Å². The molecule has 1 aliphatic heterocycles. The molecule has 1 saturated carbocycles. The number of benzene rings is 3. The van der Waals surface area contributed by atoms with Crippen LogP contribution in [-0.2, 0) is 30.8 Å². The zero-order valence-electron chi connectivity index (χ0n) is 27.5. The number of aryl methyl sites for hydroxylation is 1. The van der Waals surface area contributed by atoms with Gasteiger partial charge in [0.05, 0.1) is 18.1 Å². The highest BCUT2D eigenvalue weighted by Crippen LogP contribution is 2.30. The summed E-state index contributed by atoms with van der Waals surface area (Å²) in [6, 6.07) is 19.0. The molecule has 1 unspecified atom stereocenters. The molecule has 1 aliphatic carbocycles. The second-order valence-corrected chi connectivity index (χ2v) is 14.7. The lowest BCUT2D eigenvalue weighted by Gasteiger charge is -2.28. The number of nitrogens with two attached hydrogens (primary N) is 1. The molecule has 3 aromatic carbocycles. The maximum atomic E-state index is 13.8. The maximum Gasteiger partial charge on any atom is 0.247 e. The lowest BCUT2D eigenvalue weighted by atomic mass is 9.81. The van der Waals surface area contributed by atoms with Crippen LogP contribution in [0.15, 0.2) is 71.6 Å². The number of anilines is 1. The Morgan fingerprint density at radius 3 is 2.45 bits per heavy atom. The third-order valence-corrected chi connectivity index (χ3v) is 11.3. The Bertz CT molecular complexity index is 1850. The fraction of sp³-hybridized carbons (Fsp3) is 0.400. The van der Waals surface area contributed by atoms with Crippen molar-refractivity contribution in [3.8, 4) is 22.5 Å². The summed E-state index contributed by atoms with van der Waals surface area (Å²) in [7, 11) is -3.69. The van der Waals surface area contributed by atoms with Crippen LogP contribution < -0.4 is 16.4 Å². The summed E-state index contributed by atoms with van der Waals surface area (Å²) in [5, 5.41) is 20.0. The number of carbonyl (C=O) groups excluding carboxylic acids is 2. The first-order valence-corrected chi connectivity index (χ1v) is 18.1. The van der Waals surface area contributed by atoms with Crippen LogP contribution in [0.4, 0.5) is 5.69 Å². The lowest BCUT2D eigenvalue weighted by molar-refractivity contribution is -0.130. The van der Waals surface area contributed by atoms with Gasteiger partial charge in [0.1, 0.15) is 6.04 Å². The van der Waals surface area contributed by atoms with E-state index in [9.17, 15) is 18.0 Å². The molecule has 5 N–H and O–H groups in total. The maximum absolute atomic E-state index is 13.8. The first-order chi connectivity index (χ1) is 23.7. The fourth-order valence-corrected chi connectivity index (χ4v) is 7.92. The number of hydrogen-bond acceptors (Lipinski definition) is 9. The predicted molar refractivity (Wildman–Crippen MR) is 185 cm³/mol. The number of hydrogen-bond donors (Lipinski definition) is 4. The van der Waals surface area contributed by atoms with Gasteiger partial charge < -0.3 is 21.1 Å². The van der Waals surface area contributed by atoms with Gasteiger partial charge in [-0.25, -0.2) is 8.42 Å². The Morgan fingerprint density at radius 1 is 1.00 bits per heavy atom. The molecule has 2 amide bonds. The van der Waals surface area contributed by atoms with E-state index >= 15 is 0 Å². The summed E-state index contributed by atoms with van der Waals surface area (Å²) < 4.78 is 33.7. The molecule has 2 heterocycles. The Hall–Kier alpha value is -4.50. The number of H-pyrrole nitrogens is 1. The van der Waals surface area contributed by atoms with Gasteiger partial charge >= 0.3 is 0 Å². The number of aromatic amines is 1. The van der Waals surface area contributed by atoms with Crippen molar-refractivity contribution in [1.29, 1.82) is 0 Å². The molecule has 0 bridgehead atoms. The molecule has 1 saturated heterocycles. The number of morpholine rings is 1. The average Bonchev–Trinajstić information content (AvgIpc) is 3.68. The number of nitrogens with one attached hydrogen (secondary N) is 3. The smallest absolute Gasteiger partial charge is 0.247 e. The summed E-state index contributed by atoms with van der Waals surface area (Å²) in [5.41, 5.74) is 10.5. The standard InChI is InChI=1S/C35H42N8O5S/c1-23-5-14-30(49(46,47)43-15-17-48-18-16-43)21-31(23)28-4-2-3-25(19-28)20-32(38-34(44)27-8-6-24(22-36)7-9-27)35(45)37-29-12-10-26(11-13-29)33-39-41-42-40-33/h2-5,10-14,19,21,24,27,32H,6-9,15-18,20,22,36H2,1H3,(H,37,45)(H,38,44)(H,39,40,41,42). The minimum absolute atomic E-state index is 0.143. The van der Waals surface area contributed by atoms with Crippen LogP contribution in [0, 0.1) is 18.8 Å². The zero-order chi connectivity index (χ0) is 34.4. The van der Waals surface area contributed by atoms with E-state index in [-0.39, 0.29) is 29.0 Å². The number of nitrogens with zero attached hydrogens (tertiary/aromatic N) is 4. The van der Waals surface area contributed by atoms with Crippen molar-refractivity contribution in [2.75, 3.05) is 38.2 Å². The van der Waals surface area contributed by atoms with E-state index in [1.807, 2.05) is 37.3 Å². The number of rotatable bonds is 11. The van der Waals surface area contributed by atoms with E-state index in [2.05, 4.69) is 31.3 Å². The number of aromatic nitrogens is 4. The van der Waals surface area contributed by atoms with Crippen LogP contribution in [0.1, 0.15) is 36.8 Å². The van der Waals surface area contributed by atoms with Crippen molar-refractivity contribution >= 4 is 27.5 Å². The molecule has 258 valence electrons. The first-order valence-electron chi connectivity index (χ1n) is 16.6. The minimum Gasteiger partial charge on any atom is -0.379 e. The van der Waals surface area contributed by atoms with Crippen molar-refractivity contribution in [3.05, 3.63) is 77.9 Å². The SMILES string of the molecule is Cc1ccc(S(=O)(=O)N2CCOCC2)cc1-c1cccc(CC(NC(=O)C2CCC(CN)CC2)C(=O)Nc2ccc(-c3nn[nH]n3)cc2)c1. The molecule has 2 aliphatic rings. The summed E-state index contributed by atoms with van der Waals surface area (Å²) in [5.74, 6) is 0.184. The quantitative estimate of drug-likeness (QED) is 0.184. The third-order valence-electron chi connectivity index (χ3n) is 9.43. The van der Waals surface area contributed by atoms with Gasteiger partial charge in [-0.2, -0.15) is 9.52 Å². The van der Waals surface area contributed by atoms with E-state index in [0.29, 0.717) is 50.3 Å². The van der Waals surface area contributed by atoms with Crippen LogP contribution in [0.2, 0.25) is 0 Å². The van der Waals surface area contributed by atoms with Crippen molar-refractivity contribution < 1.29 is 22.7 Å². The van der Waals surface area contributed by atoms with Gasteiger partial charge in [-0.1, -0.05) is 30.3 Å². The van der Waals surface area contributed by atoms with Crippen molar-refractivity contribution in [1.82, 2.24) is 30.2 Å². The molecule has 0 spiro atoms. The average molecular weight is 687 g/mol. The molecule has 6 rings (SSSR count). The molecule has 13 nitrogen and oxygen atoms in total. The van der Waals surface area contributed by atoms with Gasteiger partial charge in [0, 0.05) is 36.7 Å². The second-order valence-electron chi connectivity index (χ2n) is 12.7. The van der Waals surface area contributed by atoms with Crippen LogP contribution in [0.3, 0.4) is 0 Å². The van der Waals surface area contributed by atoms with E-state index in [1.165, 1.54) is 4.31 Å². The largest absolute Gasteiger partial charge is 0.379 e. The van der Waals surface area contributed by atoms with Crippen LogP contribution >= 0.6 is 0 Å². The van der Waals surface area contributed by atoms with Crippen molar-refractivity contribution in [3.63, 3.8) is 0 Å². The molecule has 49 heavy (non-hydrogen) atoms. The number of tetrazole rings is 1. The van der Waals surface area contributed by atoms with Gasteiger partial charge in [-0.15, -0.1) is 10.2 Å². The monoisotopic (exact) mass is 686 g/mol. The topological polar surface area (TPSA) is 185 Å². The van der Waals surface area contributed by atoms with Gasteiger partial charge in [0.25, 0.3) is 0 Å². The van der Waals surface area contributed by atoms with Gasteiger partial charge in [-0.3, -0.25) is 9.59 Å². The molecule has 1 aromatic heterocycles. The second kappa shape index (κ2) is 15.4. The first kappa shape index (κ1) is 34.4. The normalized spacial score (nSPS) is 19.2. The summed E-state index contributed by atoms with van der Waals surface area (Å²) in [4.78, 5) is 27.5. The summed E-state index contributed by atoms with van der Waals surface area (Å²) in [6.45, 7) is 3.91. The summed E-state index contributed by atoms with van der Waals surface area (Å²) in [6.07, 6.45) is 3.48. The van der Waals surface area contributed by atoms with Crippen LogP contribution in [-0.4, -0.2) is 84.1 Å². The molecular weight excluding hydrogens is 645 g/mol. The summed E-state index contributed by atoms with van der Waals surface area (Å²) >= 11 is 0. The van der Waals surface area contributed by atoms with Crippen molar-refractivity contribution in [2.24, 2.45) is 17.6 Å². The third kappa shape index (κ3) is 8.21. The minimum atomic E-state index is -3.69. The highest BCUT2D eigenvalue weighted by atomic mass is 32.2. The Kier molecular flexibility index (Phi) is 10.8. The predicted octanol–water partition coefficient (Wildman–Crippen LogP) is 3.29. The molecule has 0 radical (unpaired) electrons. The van der Waals surface area contributed by atoms with E-state index < -0.39 is 16.1 Å². The van der Waals surface area contributed by atoms with E-state index in [0.717, 1.165) is 53.5 Å². The van der Waals surface area contributed by atoms with Crippen molar-refractivity contribution in [2.45, 2.75) is 50.0 Å². The van der Waals surface area contributed by atoms with Gasteiger partial charge in [0.15, 0.2) is 0 Å². The fourth-order valence-electron chi connectivity index (χ4n) is 6.49. The van der Waals surface area contributed by atoms with Crippen LogP contribution in [0.5, 0.6) is 0 Å². The molecule has 2 fully saturated rings. The molecule has 14 heteroatoms. The lowest BCUT2D eigenvalue weighted by Crippen LogP contribution is -2.48. The number of sulfonamides is 1. The Labute approximate surface area is 286 Å².